The van der Waals surface area contributed by atoms with Crippen LogP contribution >= 0.6 is 0 Å². The number of carbonyl (C=O) groups is 1. The van der Waals surface area contributed by atoms with Crippen LogP contribution in [0.1, 0.15) is 113 Å². The summed E-state index contributed by atoms with van der Waals surface area (Å²) in [5, 5.41) is 11.8. The van der Waals surface area contributed by atoms with E-state index < -0.39 is 6.10 Å². The van der Waals surface area contributed by atoms with Gasteiger partial charge in [0.05, 0.1) is 6.10 Å². The van der Waals surface area contributed by atoms with Crippen molar-refractivity contribution in [2.24, 2.45) is 56.7 Å². The highest BCUT2D eigenvalue weighted by atomic mass is 16.5. The van der Waals surface area contributed by atoms with E-state index in [-0.39, 0.29) is 28.3 Å². The Hall–Kier alpha value is -0.830. The lowest BCUT2D eigenvalue weighted by Gasteiger charge is -2.73. The molecule has 5 aliphatic carbocycles. The van der Waals surface area contributed by atoms with E-state index in [1.54, 1.807) is 0 Å². The molecule has 0 heterocycles. The minimum absolute atomic E-state index is 0.125. The first-order valence-corrected chi connectivity index (χ1v) is 14.6. The number of allylic oxidation sites excluding steroid dienone is 1. The Morgan fingerprint density at radius 1 is 0.857 bits per heavy atom. The number of aliphatic hydroxyl groups is 1. The summed E-state index contributed by atoms with van der Waals surface area (Å²) in [4.78, 5) is 11.9. The van der Waals surface area contributed by atoms with Gasteiger partial charge >= 0.3 is 5.97 Å². The number of fused-ring (bicyclic) bond motifs is 7. The Morgan fingerprint density at radius 2 is 1.54 bits per heavy atom. The second-order valence-corrected chi connectivity index (χ2v) is 15.4. The average molecular weight is 485 g/mol. The molecule has 0 amide bonds. The summed E-state index contributed by atoms with van der Waals surface area (Å²) >= 11 is 0. The van der Waals surface area contributed by atoms with Gasteiger partial charge in [0.1, 0.15) is 6.10 Å². The molecule has 5 aliphatic rings. The Balaban J connectivity index is 1.53. The van der Waals surface area contributed by atoms with Gasteiger partial charge in [-0.1, -0.05) is 53.7 Å². The van der Waals surface area contributed by atoms with Crippen molar-refractivity contribution in [2.75, 3.05) is 0 Å². The van der Waals surface area contributed by atoms with Crippen molar-refractivity contribution in [2.45, 2.75) is 125 Å². The summed E-state index contributed by atoms with van der Waals surface area (Å²) < 4.78 is 5.82. The van der Waals surface area contributed by atoms with Gasteiger partial charge in [0.15, 0.2) is 0 Å². The van der Waals surface area contributed by atoms with E-state index in [0.29, 0.717) is 35.0 Å². The maximum absolute atomic E-state index is 11.9. The van der Waals surface area contributed by atoms with E-state index in [1.165, 1.54) is 57.4 Å². The highest BCUT2D eigenvalue weighted by Crippen LogP contribution is 2.77. The van der Waals surface area contributed by atoms with Crippen molar-refractivity contribution in [1.82, 2.24) is 0 Å². The summed E-state index contributed by atoms with van der Waals surface area (Å²) in [6.07, 6.45) is 10.2. The first-order valence-electron chi connectivity index (χ1n) is 14.6. The number of hydrogen-bond acceptors (Lipinski definition) is 3. The number of ether oxygens (including phenoxy) is 1. The molecule has 5 fully saturated rings. The molecule has 3 nitrogen and oxygen atoms in total. The SMILES string of the molecule is C=C(C)[C@@H]1CC[C@]2(C)CC[C@]3(C)[C@H](CCC4[C@@]5(C)[C@H](O)C[C@H](OC(C)=O)C(C)(C)[C@@H]5CC[C@]43C)[C@@H]12. The Morgan fingerprint density at radius 3 is 2.17 bits per heavy atom. The van der Waals surface area contributed by atoms with Crippen molar-refractivity contribution < 1.29 is 14.6 Å². The first-order chi connectivity index (χ1) is 16.1. The van der Waals surface area contributed by atoms with E-state index in [1.807, 2.05) is 0 Å². The fourth-order valence-electron chi connectivity index (χ4n) is 11.8. The van der Waals surface area contributed by atoms with E-state index in [2.05, 4.69) is 55.0 Å². The van der Waals surface area contributed by atoms with Gasteiger partial charge in [-0.15, -0.1) is 0 Å². The molecule has 0 aliphatic heterocycles. The average Bonchev–Trinajstić information content (AvgIpc) is 3.10. The Bertz CT molecular complexity index is 906. The predicted octanol–water partition coefficient (Wildman–Crippen LogP) is 7.57. The number of rotatable bonds is 2. The highest BCUT2D eigenvalue weighted by Gasteiger charge is 2.72. The molecule has 0 aromatic rings. The summed E-state index contributed by atoms with van der Waals surface area (Å²) in [6.45, 7) is 23.1. The van der Waals surface area contributed by atoms with E-state index in [4.69, 9.17) is 4.74 Å². The lowest BCUT2D eigenvalue weighted by Crippen LogP contribution is -2.69. The highest BCUT2D eigenvalue weighted by molar-refractivity contribution is 5.66. The molecule has 0 spiro atoms. The third-order valence-corrected chi connectivity index (χ3v) is 13.9. The van der Waals surface area contributed by atoms with Crippen molar-refractivity contribution in [3.8, 4) is 0 Å². The maximum atomic E-state index is 11.9. The fraction of sp³-hybridized carbons (Fsp3) is 0.906. The van der Waals surface area contributed by atoms with Crippen molar-refractivity contribution in [3.63, 3.8) is 0 Å². The zero-order chi connectivity index (χ0) is 25.8. The molecule has 11 atom stereocenters. The van der Waals surface area contributed by atoms with Crippen LogP contribution in [0.5, 0.6) is 0 Å². The Labute approximate surface area is 214 Å². The summed E-state index contributed by atoms with van der Waals surface area (Å²) in [7, 11) is 0. The molecule has 3 heteroatoms. The molecule has 0 aromatic heterocycles. The smallest absolute Gasteiger partial charge is 0.302 e. The maximum Gasteiger partial charge on any atom is 0.302 e. The van der Waals surface area contributed by atoms with Crippen LogP contribution in [0.15, 0.2) is 12.2 Å². The van der Waals surface area contributed by atoms with Crippen LogP contribution in [0, 0.1) is 56.7 Å². The van der Waals surface area contributed by atoms with Gasteiger partial charge in [0.25, 0.3) is 0 Å². The minimum atomic E-state index is -0.418. The van der Waals surface area contributed by atoms with Gasteiger partial charge in [0, 0.05) is 24.2 Å². The van der Waals surface area contributed by atoms with Crippen LogP contribution in [0.2, 0.25) is 0 Å². The first kappa shape index (κ1) is 25.8. The third kappa shape index (κ3) is 3.21. The lowest BCUT2D eigenvalue weighted by molar-refractivity contribution is -0.275. The molecule has 0 bridgehead atoms. The third-order valence-electron chi connectivity index (χ3n) is 13.9. The van der Waals surface area contributed by atoms with Gasteiger partial charge in [0.2, 0.25) is 0 Å². The van der Waals surface area contributed by atoms with Crippen molar-refractivity contribution >= 4 is 5.97 Å². The molecule has 5 rings (SSSR count). The molecule has 0 saturated heterocycles. The van der Waals surface area contributed by atoms with E-state index >= 15 is 0 Å². The van der Waals surface area contributed by atoms with Crippen LogP contribution in [0.4, 0.5) is 0 Å². The normalized spacial score (nSPS) is 54.6. The molecule has 35 heavy (non-hydrogen) atoms. The van der Waals surface area contributed by atoms with Gasteiger partial charge in [-0.2, -0.15) is 0 Å². The molecule has 0 aromatic carbocycles. The van der Waals surface area contributed by atoms with Gasteiger partial charge in [-0.25, -0.2) is 0 Å². The second kappa shape index (κ2) is 7.84. The monoisotopic (exact) mass is 484 g/mol. The molecular weight excluding hydrogens is 432 g/mol. The number of hydrogen-bond donors (Lipinski definition) is 1. The van der Waals surface area contributed by atoms with Gasteiger partial charge in [-0.3, -0.25) is 4.79 Å². The van der Waals surface area contributed by atoms with Crippen LogP contribution in [0.3, 0.4) is 0 Å². The number of esters is 1. The van der Waals surface area contributed by atoms with Crippen molar-refractivity contribution in [1.29, 1.82) is 0 Å². The van der Waals surface area contributed by atoms with Crippen molar-refractivity contribution in [3.05, 3.63) is 12.2 Å². The zero-order valence-electron chi connectivity index (χ0n) is 23.9. The van der Waals surface area contributed by atoms with Crippen LogP contribution in [0.25, 0.3) is 0 Å². The molecule has 5 saturated carbocycles. The fourth-order valence-corrected chi connectivity index (χ4v) is 11.8. The van der Waals surface area contributed by atoms with Crippen LogP contribution < -0.4 is 0 Å². The minimum Gasteiger partial charge on any atom is -0.462 e. The Kier molecular flexibility index (Phi) is 5.78. The molecule has 1 N–H and O–H groups in total. The molecule has 1 unspecified atom stereocenters. The van der Waals surface area contributed by atoms with Gasteiger partial charge in [-0.05, 0) is 104 Å². The van der Waals surface area contributed by atoms with Gasteiger partial charge < -0.3 is 9.84 Å². The van der Waals surface area contributed by atoms with Crippen LogP contribution in [-0.2, 0) is 9.53 Å². The largest absolute Gasteiger partial charge is 0.462 e. The number of aliphatic hydroxyl groups excluding tert-OH is 1. The molecule has 0 radical (unpaired) electrons. The van der Waals surface area contributed by atoms with E-state index in [9.17, 15) is 9.90 Å². The van der Waals surface area contributed by atoms with Crippen LogP contribution in [-0.4, -0.2) is 23.3 Å². The predicted molar refractivity (Wildman–Crippen MR) is 142 cm³/mol. The number of carbonyl (C=O) groups excluding carboxylic acids is 1. The lowest BCUT2D eigenvalue weighted by atomic mass is 9.32. The second-order valence-electron chi connectivity index (χ2n) is 15.4. The topological polar surface area (TPSA) is 46.5 Å². The summed E-state index contributed by atoms with van der Waals surface area (Å²) in [6, 6.07) is 0. The molecule has 198 valence electrons. The standard InChI is InChI=1S/C32H52O3/c1-19(2)21-12-14-29(6)16-17-30(7)22(27(21)29)10-11-24-31(30,8)15-13-23-28(4,5)26(35-20(3)33)18-25(34)32(23,24)9/h21-27,34H,1,10-18H2,2-9H3/t21-,22+,23-,24?,25+,26-,27+,29+,30+,31+,32-/m0/s1. The van der Waals surface area contributed by atoms with E-state index in [0.717, 1.165) is 18.3 Å². The summed E-state index contributed by atoms with van der Waals surface area (Å²) in [5.74, 6) is 2.86. The zero-order valence-corrected chi connectivity index (χ0v) is 23.9. The quantitative estimate of drug-likeness (QED) is 0.325. The summed E-state index contributed by atoms with van der Waals surface area (Å²) in [5.41, 5.74) is 2.17. The molecular formula is C32H52O3.